The van der Waals surface area contributed by atoms with Crippen molar-refractivity contribution in [3.05, 3.63) is 63.6 Å². The van der Waals surface area contributed by atoms with Gasteiger partial charge in [0.25, 0.3) is 0 Å². The van der Waals surface area contributed by atoms with Gasteiger partial charge < -0.3 is 10.1 Å². The van der Waals surface area contributed by atoms with Gasteiger partial charge in [-0.25, -0.2) is 0 Å². The Hall–Kier alpha value is -2.25. The lowest BCUT2D eigenvalue weighted by atomic mass is 9.85. The van der Waals surface area contributed by atoms with Gasteiger partial charge in [-0.05, 0) is 62.1 Å². The van der Waals surface area contributed by atoms with Crippen molar-refractivity contribution in [3.8, 4) is 0 Å². The van der Waals surface area contributed by atoms with Gasteiger partial charge in [-0.15, -0.1) is 0 Å². The molecular weight excluding hydrogens is 490 g/mol. The largest absolute Gasteiger partial charge is 0.460 e. The fourth-order valence-electron chi connectivity index (χ4n) is 3.43. The molecule has 3 unspecified atom stereocenters. The van der Waals surface area contributed by atoms with Crippen LogP contribution in [0.25, 0.3) is 0 Å². The highest BCUT2D eigenvalue weighted by Crippen LogP contribution is 2.39. The summed E-state index contributed by atoms with van der Waals surface area (Å²) in [6, 6.07) is 10.5. The summed E-state index contributed by atoms with van der Waals surface area (Å²) in [4.78, 5) is 25.3. The van der Waals surface area contributed by atoms with Crippen LogP contribution >= 0.6 is 23.2 Å². The molecule has 0 radical (unpaired) electrons. The van der Waals surface area contributed by atoms with Gasteiger partial charge in [-0.2, -0.15) is 13.2 Å². The summed E-state index contributed by atoms with van der Waals surface area (Å²) in [5.41, 5.74) is 0.394. The van der Waals surface area contributed by atoms with Gasteiger partial charge in [-0.1, -0.05) is 55.2 Å². The minimum atomic E-state index is -4.60. The standard InChI is InChI=1S/C25H28Cl2F3NO3/c1-14(12-21(32)34-24(3,4)5)17-8-11-19(27)20(13-17)31-23(33)22(15(2)25(28,29)30)16-6-9-18(26)10-7-16/h6-11,13-15,22H,12H2,1-5H3,(H,31,33). The average molecular weight is 518 g/mol. The van der Waals surface area contributed by atoms with Crippen LogP contribution in [-0.2, 0) is 14.3 Å². The highest BCUT2D eigenvalue weighted by molar-refractivity contribution is 6.33. The molecule has 0 aliphatic carbocycles. The minimum absolute atomic E-state index is 0.0881. The van der Waals surface area contributed by atoms with Crippen molar-refractivity contribution in [2.75, 3.05) is 5.32 Å². The van der Waals surface area contributed by atoms with E-state index in [-0.39, 0.29) is 34.6 Å². The smallest absolute Gasteiger partial charge is 0.392 e. The van der Waals surface area contributed by atoms with E-state index in [9.17, 15) is 22.8 Å². The number of anilines is 1. The van der Waals surface area contributed by atoms with Crippen molar-refractivity contribution in [2.24, 2.45) is 5.92 Å². The van der Waals surface area contributed by atoms with Gasteiger partial charge in [0, 0.05) is 5.02 Å². The predicted molar refractivity (Wildman–Crippen MR) is 128 cm³/mol. The molecule has 0 spiro atoms. The third kappa shape index (κ3) is 7.91. The Bertz CT molecular complexity index is 1020. The number of esters is 1. The van der Waals surface area contributed by atoms with Crippen LogP contribution in [0.5, 0.6) is 0 Å². The van der Waals surface area contributed by atoms with E-state index in [1.807, 2.05) is 0 Å². The molecule has 186 valence electrons. The van der Waals surface area contributed by atoms with Crippen molar-refractivity contribution in [3.63, 3.8) is 0 Å². The Morgan fingerprint density at radius 1 is 0.971 bits per heavy atom. The number of amides is 1. The van der Waals surface area contributed by atoms with Gasteiger partial charge in [0.1, 0.15) is 5.60 Å². The number of carbonyl (C=O) groups excluding carboxylic acids is 2. The third-order valence-electron chi connectivity index (χ3n) is 5.24. The van der Waals surface area contributed by atoms with Crippen molar-refractivity contribution < 1.29 is 27.5 Å². The van der Waals surface area contributed by atoms with E-state index in [1.54, 1.807) is 39.8 Å². The summed E-state index contributed by atoms with van der Waals surface area (Å²) in [5.74, 6) is -4.99. The number of benzene rings is 2. The molecule has 0 saturated heterocycles. The van der Waals surface area contributed by atoms with Crippen LogP contribution in [0.4, 0.5) is 18.9 Å². The number of rotatable bonds is 7. The second-order valence-electron chi connectivity index (χ2n) is 9.28. The van der Waals surface area contributed by atoms with E-state index < -0.39 is 29.5 Å². The zero-order valence-electron chi connectivity index (χ0n) is 19.6. The molecule has 3 atom stereocenters. The molecule has 0 bridgehead atoms. The van der Waals surface area contributed by atoms with E-state index in [0.29, 0.717) is 10.6 Å². The number of halogens is 5. The van der Waals surface area contributed by atoms with Crippen LogP contribution in [0.1, 0.15) is 64.0 Å². The topological polar surface area (TPSA) is 55.4 Å². The lowest BCUT2D eigenvalue weighted by Gasteiger charge is -2.26. The minimum Gasteiger partial charge on any atom is -0.460 e. The van der Waals surface area contributed by atoms with Gasteiger partial charge in [0.05, 0.1) is 29.0 Å². The number of carbonyl (C=O) groups is 2. The first kappa shape index (κ1) is 28.0. The van der Waals surface area contributed by atoms with E-state index in [0.717, 1.165) is 6.92 Å². The fourth-order valence-corrected chi connectivity index (χ4v) is 3.72. The molecule has 0 aliphatic heterocycles. The Balaban J connectivity index is 2.30. The van der Waals surface area contributed by atoms with Gasteiger partial charge >= 0.3 is 12.1 Å². The van der Waals surface area contributed by atoms with Crippen molar-refractivity contribution in [1.29, 1.82) is 0 Å². The highest BCUT2D eigenvalue weighted by Gasteiger charge is 2.45. The summed E-state index contributed by atoms with van der Waals surface area (Å²) in [7, 11) is 0. The maximum absolute atomic E-state index is 13.6. The van der Waals surface area contributed by atoms with Crippen LogP contribution in [0.2, 0.25) is 10.0 Å². The molecule has 9 heteroatoms. The quantitative estimate of drug-likeness (QED) is 0.382. The Morgan fingerprint density at radius 3 is 2.06 bits per heavy atom. The number of alkyl halides is 3. The van der Waals surface area contributed by atoms with Crippen LogP contribution in [0.15, 0.2) is 42.5 Å². The lowest BCUT2D eigenvalue weighted by Crippen LogP contribution is -2.34. The first-order valence-electron chi connectivity index (χ1n) is 10.7. The van der Waals surface area contributed by atoms with Gasteiger partial charge in [-0.3, -0.25) is 9.59 Å². The summed E-state index contributed by atoms with van der Waals surface area (Å²) in [6.45, 7) is 8.07. The van der Waals surface area contributed by atoms with Crippen LogP contribution < -0.4 is 5.32 Å². The Kier molecular flexibility index (Phi) is 9.05. The molecule has 0 heterocycles. The average Bonchev–Trinajstić information content (AvgIpc) is 2.69. The molecule has 1 N–H and O–H groups in total. The first-order chi connectivity index (χ1) is 15.6. The van der Waals surface area contributed by atoms with E-state index in [1.165, 1.54) is 30.3 Å². The monoisotopic (exact) mass is 517 g/mol. The van der Waals surface area contributed by atoms with Gasteiger partial charge in [0.15, 0.2) is 0 Å². The molecule has 34 heavy (non-hydrogen) atoms. The fraction of sp³-hybridized carbons (Fsp3) is 0.440. The van der Waals surface area contributed by atoms with Gasteiger partial charge in [0.2, 0.25) is 5.91 Å². The number of hydrogen-bond acceptors (Lipinski definition) is 3. The van der Waals surface area contributed by atoms with Crippen molar-refractivity contribution in [1.82, 2.24) is 0 Å². The SMILES string of the molecule is CC(CC(=O)OC(C)(C)C)c1ccc(Cl)c(NC(=O)C(c2ccc(Cl)cc2)C(C)C(F)(F)F)c1. The molecule has 0 saturated carbocycles. The Labute approximate surface area is 207 Å². The zero-order chi connectivity index (χ0) is 25.8. The second-order valence-corrected chi connectivity index (χ2v) is 10.1. The van der Waals surface area contributed by atoms with E-state index in [4.69, 9.17) is 27.9 Å². The van der Waals surface area contributed by atoms with E-state index in [2.05, 4.69) is 5.32 Å². The summed E-state index contributed by atoms with van der Waals surface area (Å²) >= 11 is 12.1. The molecule has 0 fully saturated rings. The zero-order valence-corrected chi connectivity index (χ0v) is 21.1. The summed E-state index contributed by atoms with van der Waals surface area (Å²) < 4.78 is 46.1. The predicted octanol–water partition coefficient (Wildman–Crippen LogP) is 7.75. The van der Waals surface area contributed by atoms with Crippen LogP contribution in [0, 0.1) is 5.92 Å². The molecule has 1 amide bonds. The lowest BCUT2D eigenvalue weighted by molar-refractivity contribution is -0.178. The first-order valence-corrected chi connectivity index (χ1v) is 11.5. The normalized spacial score (nSPS) is 14.8. The van der Waals surface area contributed by atoms with Crippen molar-refractivity contribution in [2.45, 2.75) is 64.7 Å². The summed E-state index contributed by atoms with van der Waals surface area (Å²) in [6.07, 6.45) is -4.51. The number of nitrogens with one attached hydrogen (secondary N) is 1. The number of hydrogen-bond donors (Lipinski definition) is 1. The number of ether oxygens (including phenoxy) is 1. The Morgan fingerprint density at radius 2 is 1.53 bits per heavy atom. The third-order valence-corrected chi connectivity index (χ3v) is 5.82. The second kappa shape index (κ2) is 11.0. The molecule has 0 aliphatic rings. The highest BCUT2D eigenvalue weighted by atomic mass is 35.5. The molecule has 2 aromatic rings. The van der Waals surface area contributed by atoms with Crippen LogP contribution in [-0.4, -0.2) is 23.7 Å². The maximum atomic E-state index is 13.6. The molecule has 4 nitrogen and oxygen atoms in total. The molecule has 0 aromatic heterocycles. The van der Waals surface area contributed by atoms with Crippen LogP contribution in [0.3, 0.4) is 0 Å². The molecular formula is C25H28Cl2F3NO3. The molecule has 2 rings (SSSR count). The van der Waals surface area contributed by atoms with Crippen molar-refractivity contribution >= 4 is 40.8 Å². The summed E-state index contributed by atoms with van der Waals surface area (Å²) in [5, 5.41) is 3.05. The van der Waals surface area contributed by atoms with E-state index >= 15 is 0 Å². The maximum Gasteiger partial charge on any atom is 0.392 e. The molecule has 2 aromatic carbocycles.